The molecule has 1 aromatic heterocycles. The number of amidine groups is 1. The van der Waals surface area contributed by atoms with E-state index in [-0.39, 0.29) is 28.7 Å². The van der Waals surface area contributed by atoms with Crippen LogP contribution < -0.4 is 0 Å². The van der Waals surface area contributed by atoms with Gasteiger partial charge in [-0.25, -0.2) is 13.4 Å². The van der Waals surface area contributed by atoms with Crippen molar-refractivity contribution in [1.29, 1.82) is 0 Å². The molecule has 1 aromatic rings. The third-order valence-electron chi connectivity index (χ3n) is 3.33. The van der Waals surface area contributed by atoms with Crippen LogP contribution in [0.15, 0.2) is 34.6 Å². The first-order chi connectivity index (χ1) is 10.4. The SMILES string of the molecule is CC(=O)N=C1S[C@@H]2CS(=O)(=O)C[C@@H]2N1/N=C\c1ccncc1. The van der Waals surface area contributed by atoms with Gasteiger partial charge < -0.3 is 0 Å². The summed E-state index contributed by atoms with van der Waals surface area (Å²) in [6.07, 6.45) is 4.91. The Morgan fingerprint density at radius 1 is 1.41 bits per heavy atom. The lowest BCUT2D eigenvalue weighted by Gasteiger charge is -2.17. The Morgan fingerprint density at radius 3 is 2.82 bits per heavy atom. The maximum absolute atomic E-state index is 11.8. The van der Waals surface area contributed by atoms with Gasteiger partial charge in [0, 0.05) is 19.3 Å². The topological polar surface area (TPSA) is 92.1 Å². The second-order valence-electron chi connectivity index (χ2n) is 5.08. The van der Waals surface area contributed by atoms with E-state index in [9.17, 15) is 13.2 Å². The minimum atomic E-state index is -3.06. The van der Waals surface area contributed by atoms with Gasteiger partial charge in [-0.05, 0) is 17.7 Å². The Balaban J connectivity index is 1.89. The van der Waals surface area contributed by atoms with Crippen molar-refractivity contribution in [2.45, 2.75) is 18.2 Å². The van der Waals surface area contributed by atoms with Crippen LogP contribution >= 0.6 is 11.8 Å². The number of aromatic nitrogens is 1. The first kappa shape index (κ1) is 15.2. The summed E-state index contributed by atoms with van der Waals surface area (Å²) in [5.41, 5.74) is 0.839. The number of nitrogens with zero attached hydrogens (tertiary/aromatic N) is 4. The summed E-state index contributed by atoms with van der Waals surface area (Å²) in [5, 5.41) is 6.24. The number of hydrazone groups is 1. The van der Waals surface area contributed by atoms with E-state index < -0.39 is 9.84 Å². The molecule has 2 aliphatic rings. The molecule has 7 nitrogen and oxygen atoms in total. The van der Waals surface area contributed by atoms with E-state index in [0.29, 0.717) is 5.17 Å². The average molecular weight is 338 g/mol. The minimum Gasteiger partial charge on any atom is -0.273 e. The highest BCUT2D eigenvalue weighted by molar-refractivity contribution is 8.15. The average Bonchev–Trinajstić information content (AvgIpc) is 2.88. The van der Waals surface area contributed by atoms with E-state index in [1.54, 1.807) is 35.7 Å². The molecule has 0 unspecified atom stereocenters. The molecule has 9 heteroatoms. The Kier molecular flexibility index (Phi) is 4.00. The van der Waals surface area contributed by atoms with Crippen LogP contribution in [0.4, 0.5) is 0 Å². The molecule has 2 fully saturated rings. The highest BCUT2D eigenvalue weighted by Crippen LogP contribution is 2.38. The summed E-state index contributed by atoms with van der Waals surface area (Å²) in [5.74, 6) is -0.190. The maximum atomic E-state index is 11.8. The molecule has 22 heavy (non-hydrogen) atoms. The molecular weight excluding hydrogens is 324 g/mol. The summed E-state index contributed by atoms with van der Waals surface area (Å²) in [4.78, 5) is 19.1. The smallest absolute Gasteiger partial charge is 0.245 e. The van der Waals surface area contributed by atoms with E-state index in [4.69, 9.17) is 0 Å². The Bertz CT molecular complexity index is 746. The third kappa shape index (κ3) is 3.20. The highest BCUT2D eigenvalue weighted by atomic mass is 32.2. The van der Waals surface area contributed by atoms with Crippen LogP contribution in [0.1, 0.15) is 12.5 Å². The number of carbonyl (C=O) groups is 1. The number of aliphatic imine (C=N–C) groups is 1. The van der Waals surface area contributed by atoms with Gasteiger partial charge in [-0.15, -0.1) is 0 Å². The molecule has 0 bridgehead atoms. The highest BCUT2D eigenvalue weighted by Gasteiger charge is 2.49. The molecule has 0 radical (unpaired) electrons. The second-order valence-corrected chi connectivity index (χ2v) is 8.44. The van der Waals surface area contributed by atoms with E-state index in [1.807, 2.05) is 0 Å². The Morgan fingerprint density at radius 2 is 2.14 bits per heavy atom. The van der Waals surface area contributed by atoms with Crippen LogP contribution in [-0.2, 0) is 14.6 Å². The zero-order chi connectivity index (χ0) is 15.7. The zero-order valence-electron chi connectivity index (χ0n) is 11.8. The van der Waals surface area contributed by atoms with Gasteiger partial charge in [-0.2, -0.15) is 10.1 Å². The summed E-state index contributed by atoms with van der Waals surface area (Å²) in [7, 11) is -3.06. The number of sulfone groups is 1. The first-order valence-corrected chi connectivity index (χ1v) is 9.34. The lowest BCUT2D eigenvalue weighted by molar-refractivity contribution is -0.115. The summed E-state index contributed by atoms with van der Waals surface area (Å²) in [6.45, 7) is 1.36. The molecule has 0 N–H and O–H groups in total. The number of pyridine rings is 1. The van der Waals surface area contributed by atoms with Crippen LogP contribution in [0, 0.1) is 0 Å². The van der Waals surface area contributed by atoms with Gasteiger partial charge in [0.15, 0.2) is 15.0 Å². The molecule has 1 amide bonds. The van der Waals surface area contributed by atoms with Crippen molar-refractivity contribution < 1.29 is 13.2 Å². The normalized spacial score (nSPS) is 28.4. The van der Waals surface area contributed by atoms with Crippen LogP contribution in [0.2, 0.25) is 0 Å². The van der Waals surface area contributed by atoms with Crippen molar-refractivity contribution in [3.8, 4) is 0 Å². The number of thioether (sulfide) groups is 1. The molecule has 116 valence electrons. The van der Waals surface area contributed by atoms with E-state index in [1.165, 1.54) is 18.7 Å². The fourth-order valence-electron chi connectivity index (χ4n) is 2.39. The molecule has 0 aliphatic carbocycles. The molecule has 0 spiro atoms. The Hall–Kier alpha value is -1.74. The van der Waals surface area contributed by atoms with Crippen LogP contribution in [-0.4, -0.2) is 58.5 Å². The summed E-state index contributed by atoms with van der Waals surface area (Å²) >= 11 is 1.30. The molecule has 0 aromatic carbocycles. The number of hydrogen-bond acceptors (Lipinski definition) is 6. The molecule has 0 saturated carbocycles. The van der Waals surface area contributed by atoms with Gasteiger partial charge in [0.1, 0.15) is 0 Å². The van der Waals surface area contributed by atoms with Gasteiger partial charge in [0.05, 0.1) is 29.0 Å². The number of fused-ring (bicyclic) bond motifs is 1. The van der Waals surface area contributed by atoms with E-state index in [2.05, 4.69) is 15.1 Å². The lowest BCUT2D eigenvalue weighted by atomic mass is 10.2. The predicted molar refractivity (Wildman–Crippen MR) is 85.6 cm³/mol. The van der Waals surface area contributed by atoms with Crippen molar-refractivity contribution >= 4 is 38.9 Å². The molecule has 2 atom stereocenters. The molecule has 3 rings (SSSR count). The van der Waals surface area contributed by atoms with Gasteiger partial charge in [-0.1, -0.05) is 11.8 Å². The number of rotatable bonds is 2. The van der Waals surface area contributed by atoms with Crippen LogP contribution in [0.5, 0.6) is 0 Å². The second kappa shape index (κ2) is 5.81. The molecule has 3 heterocycles. The number of hydrogen-bond donors (Lipinski definition) is 0. The Labute approximate surface area is 132 Å². The third-order valence-corrected chi connectivity index (χ3v) is 6.53. The summed E-state index contributed by atoms with van der Waals surface area (Å²) < 4.78 is 23.6. The van der Waals surface area contributed by atoms with Crippen LogP contribution in [0.25, 0.3) is 0 Å². The lowest BCUT2D eigenvalue weighted by Crippen LogP contribution is -2.33. The minimum absolute atomic E-state index is 0.0370. The van der Waals surface area contributed by atoms with Gasteiger partial charge in [0.2, 0.25) is 5.91 Å². The fourth-order valence-corrected chi connectivity index (χ4v) is 6.27. The molecule has 2 aliphatic heterocycles. The molecular formula is C13H14N4O3S2. The largest absolute Gasteiger partial charge is 0.273 e. The quantitative estimate of drug-likeness (QED) is 0.731. The molecule has 2 saturated heterocycles. The zero-order valence-corrected chi connectivity index (χ0v) is 13.4. The summed E-state index contributed by atoms with van der Waals surface area (Å²) in [6, 6.07) is 3.31. The van der Waals surface area contributed by atoms with Crippen molar-refractivity contribution in [2.24, 2.45) is 10.1 Å². The van der Waals surface area contributed by atoms with Crippen molar-refractivity contribution in [3.63, 3.8) is 0 Å². The van der Waals surface area contributed by atoms with Crippen molar-refractivity contribution in [3.05, 3.63) is 30.1 Å². The number of carbonyl (C=O) groups excluding carboxylic acids is 1. The standard InChI is InChI=1S/C13H14N4O3S2/c1-9(18)16-13-17(15-6-10-2-4-14-5-3-10)11-7-22(19,20)8-12(11)21-13/h2-6,11-12H,7-8H2,1H3/b15-6-,16-13?/t11-,12+/m0/s1. The van der Waals surface area contributed by atoms with Gasteiger partial charge in [-0.3, -0.25) is 9.78 Å². The van der Waals surface area contributed by atoms with Crippen molar-refractivity contribution in [2.75, 3.05) is 11.5 Å². The fraction of sp³-hybridized carbons (Fsp3) is 0.385. The van der Waals surface area contributed by atoms with Gasteiger partial charge in [0.25, 0.3) is 0 Å². The first-order valence-electron chi connectivity index (χ1n) is 6.64. The van der Waals surface area contributed by atoms with E-state index in [0.717, 1.165) is 5.56 Å². The number of amides is 1. The van der Waals surface area contributed by atoms with Crippen LogP contribution in [0.3, 0.4) is 0 Å². The maximum Gasteiger partial charge on any atom is 0.245 e. The van der Waals surface area contributed by atoms with E-state index >= 15 is 0 Å². The predicted octanol–water partition coefficient (Wildman–Crippen LogP) is 0.532. The van der Waals surface area contributed by atoms with Crippen molar-refractivity contribution in [1.82, 2.24) is 9.99 Å². The van der Waals surface area contributed by atoms with Gasteiger partial charge >= 0.3 is 0 Å². The monoisotopic (exact) mass is 338 g/mol.